The lowest BCUT2D eigenvalue weighted by molar-refractivity contribution is -0.167. The Morgan fingerprint density at radius 3 is 0.836 bits per heavy atom. The van der Waals surface area contributed by atoms with E-state index in [1.54, 1.807) is 0 Å². The summed E-state index contributed by atoms with van der Waals surface area (Å²) < 4.78 is 16.9. The summed E-state index contributed by atoms with van der Waals surface area (Å²) in [6, 6.07) is 0. The van der Waals surface area contributed by atoms with Gasteiger partial charge in [-0.1, -0.05) is 313 Å². The van der Waals surface area contributed by atoms with Crippen LogP contribution < -0.4 is 0 Å². The molecule has 73 heavy (non-hydrogen) atoms. The summed E-state index contributed by atoms with van der Waals surface area (Å²) in [4.78, 5) is 38.3. The van der Waals surface area contributed by atoms with E-state index in [4.69, 9.17) is 14.2 Å². The number of esters is 3. The third-order valence-electron chi connectivity index (χ3n) is 14.0. The first-order chi connectivity index (χ1) is 36.0. The Hall–Kier alpha value is -2.89. The van der Waals surface area contributed by atoms with Gasteiger partial charge in [0, 0.05) is 19.3 Å². The van der Waals surface area contributed by atoms with Gasteiger partial charge in [0.1, 0.15) is 13.2 Å². The van der Waals surface area contributed by atoms with Crippen LogP contribution >= 0.6 is 0 Å². The highest BCUT2D eigenvalue weighted by atomic mass is 16.6. The molecule has 0 aromatic heterocycles. The summed E-state index contributed by atoms with van der Waals surface area (Å²) in [6.07, 6.45) is 78.0. The van der Waals surface area contributed by atoms with E-state index in [1.165, 1.54) is 205 Å². The fourth-order valence-electron chi connectivity index (χ4n) is 9.31. The molecule has 0 radical (unpaired) electrons. The van der Waals surface area contributed by atoms with Crippen LogP contribution in [0.1, 0.15) is 329 Å². The fraction of sp³-hybridized carbons (Fsp3) is 0.806. The second-order valence-corrected chi connectivity index (χ2v) is 21.3. The van der Waals surface area contributed by atoms with Crippen molar-refractivity contribution in [2.75, 3.05) is 13.2 Å². The topological polar surface area (TPSA) is 78.9 Å². The summed E-state index contributed by atoms with van der Waals surface area (Å²) in [6.45, 7) is 6.54. The molecular weight excluding hydrogens is 901 g/mol. The number of carbonyl (C=O) groups excluding carboxylic acids is 3. The van der Waals surface area contributed by atoms with E-state index in [0.29, 0.717) is 19.3 Å². The van der Waals surface area contributed by atoms with Crippen LogP contribution in [0, 0.1) is 0 Å². The van der Waals surface area contributed by atoms with Crippen molar-refractivity contribution in [3.05, 3.63) is 60.8 Å². The van der Waals surface area contributed by atoms with Crippen molar-refractivity contribution in [1.29, 1.82) is 0 Å². The van der Waals surface area contributed by atoms with Gasteiger partial charge < -0.3 is 14.2 Å². The summed E-state index contributed by atoms with van der Waals surface area (Å²) in [5.74, 6) is -0.927. The summed E-state index contributed by atoms with van der Waals surface area (Å²) in [5, 5.41) is 0. The molecular formula is C67H120O6. The lowest BCUT2D eigenvalue weighted by Gasteiger charge is -2.18. The molecule has 0 aliphatic rings. The van der Waals surface area contributed by atoms with Crippen LogP contribution in [0.3, 0.4) is 0 Å². The minimum absolute atomic E-state index is 0.0871. The lowest BCUT2D eigenvalue weighted by atomic mass is 10.0. The Labute approximate surface area is 453 Å². The molecule has 0 rings (SSSR count). The van der Waals surface area contributed by atoms with Gasteiger partial charge in [0.25, 0.3) is 0 Å². The maximum atomic E-state index is 12.9. The van der Waals surface area contributed by atoms with Crippen LogP contribution in [-0.2, 0) is 28.6 Å². The van der Waals surface area contributed by atoms with Gasteiger partial charge in [-0.25, -0.2) is 0 Å². The number of allylic oxidation sites excluding steroid dienone is 10. The number of rotatable bonds is 58. The second kappa shape index (κ2) is 61.7. The van der Waals surface area contributed by atoms with E-state index in [9.17, 15) is 14.4 Å². The average Bonchev–Trinajstić information content (AvgIpc) is 3.39. The molecule has 6 heteroatoms. The number of carbonyl (C=O) groups is 3. The van der Waals surface area contributed by atoms with Crippen molar-refractivity contribution < 1.29 is 28.6 Å². The predicted octanol–water partition coefficient (Wildman–Crippen LogP) is 21.6. The summed E-state index contributed by atoms with van der Waals surface area (Å²) in [5.41, 5.74) is 0. The van der Waals surface area contributed by atoms with Crippen molar-refractivity contribution in [2.45, 2.75) is 335 Å². The van der Waals surface area contributed by atoms with Gasteiger partial charge in [0.2, 0.25) is 0 Å². The maximum Gasteiger partial charge on any atom is 0.306 e. The van der Waals surface area contributed by atoms with Crippen molar-refractivity contribution in [2.24, 2.45) is 0 Å². The van der Waals surface area contributed by atoms with E-state index in [2.05, 4.69) is 81.5 Å². The third kappa shape index (κ3) is 59.9. The number of hydrogen-bond acceptors (Lipinski definition) is 6. The standard InChI is InChI=1S/C67H120O6/c1-4-7-10-13-16-19-22-25-28-31-33-34-37-39-42-45-48-51-54-57-60-66(69)72-63-64(62-71-65(68)59-56-53-50-47-44-41-38-35-30-27-24-21-18-15-12-9-6-3)73-67(70)61-58-55-52-49-46-43-40-36-32-29-26-23-20-17-14-11-8-5-2/h9,12,18,21,27,30,38,41,47,50,64H,4-8,10-11,13-17,19-20,22-26,28-29,31-37,39-40,42-46,48-49,51-63H2,1-3H3/b12-9-,21-18-,30-27-,41-38-,50-47-. The van der Waals surface area contributed by atoms with Gasteiger partial charge in [-0.2, -0.15) is 0 Å². The second-order valence-electron chi connectivity index (χ2n) is 21.3. The van der Waals surface area contributed by atoms with Crippen molar-refractivity contribution >= 4 is 17.9 Å². The van der Waals surface area contributed by atoms with Gasteiger partial charge in [-0.05, 0) is 57.8 Å². The zero-order valence-electron chi connectivity index (χ0n) is 48.7. The molecule has 6 nitrogen and oxygen atoms in total. The van der Waals surface area contributed by atoms with Crippen molar-refractivity contribution in [3.63, 3.8) is 0 Å². The molecule has 0 aromatic rings. The van der Waals surface area contributed by atoms with Gasteiger partial charge >= 0.3 is 17.9 Å². The molecule has 0 amide bonds. The molecule has 0 aliphatic carbocycles. The Bertz CT molecular complexity index is 1310. The Balaban J connectivity index is 4.39. The zero-order valence-corrected chi connectivity index (χ0v) is 48.7. The molecule has 0 saturated heterocycles. The monoisotopic (exact) mass is 1020 g/mol. The van der Waals surface area contributed by atoms with Crippen LogP contribution in [-0.4, -0.2) is 37.2 Å². The predicted molar refractivity (Wildman–Crippen MR) is 316 cm³/mol. The molecule has 1 atom stereocenters. The number of ether oxygens (including phenoxy) is 3. The van der Waals surface area contributed by atoms with Gasteiger partial charge in [0.15, 0.2) is 6.10 Å². The SMILES string of the molecule is CC/C=C\C/C=C\C/C=C\C/C=C\C/C=C\CCCC(=O)OCC(COC(=O)CCCCCCCCCCCCCCCCCCCCCC)OC(=O)CCCCCCCCCCCCCCCCCCCC. The Morgan fingerprint density at radius 1 is 0.288 bits per heavy atom. The molecule has 0 saturated carbocycles. The average molecular weight is 1020 g/mol. The summed E-state index contributed by atoms with van der Waals surface area (Å²) in [7, 11) is 0. The first kappa shape index (κ1) is 70.1. The molecule has 0 heterocycles. The first-order valence-corrected chi connectivity index (χ1v) is 31.8. The largest absolute Gasteiger partial charge is 0.462 e. The minimum atomic E-state index is -0.795. The minimum Gasteiger partial charge on any atom is -0.462 e. The highest BCUT2D eigenvalue weighted by Crippen LogP contribution is 2.18. The van der Waals surface area contributed by atoms with Gasteiger partial charge in [-0.3, -0.25) is 14.4 Å². The highest BCUT2D eigenvalue weighted by Gasteiger charge is 2.19. The first-order valence-electron chi connectivity index (χ1n) is 31.8. The molecule has 0 spiro atoms. The van der Waals surface area contributed by atoms with E-state index >= 15 is 0 Å². The fourth-order valence-corrected chi connectivity index (χ4v) is 9.31. The summed E-state index contributed by atoms with van der Waals surface area (Å²) >= 11 is 0. The van der Waals surface area contributed by atoms with Gasteiger partial charge in [-0.15, -0.1) is 0 Å². The van der Waals surface area contributed by atoms with Crippen LogP contribution in [0.4, 0.5) is 0 Å². The number of hydrogen-bond donors (Lipinski definition) is 0. The van der Waals surface area contributed by atoms with E-state index in [0.717, 1.165) is 77.0 Å². The van der Waals surface area contributed by atoms with E-state index in [-0.39, 0.29) is 37.5 Å². The quantitative estimate of drug-likeness (QED) is 0.0261. The molecule has 0 aliphatic heterocycles. The third-order valence-corrected chi connectivity index (χ3v) is 14.0. The lowest BCUT2D eigenvalue weighted by Crippen LogP contribution is -2.30. The maximum absolute atomic E-state index is 12.9. The Kier molecular flexibility index (Phi) is 59.2. The van der Waals surface area contributed by atoms with Crippen molar-refractivity contribution in [3.8, 4) is 0 Å². The molecule has 424 valence electrons. The van der Waals surface area contributed by atoms with Crippen LogP contribution in [0.5, 0.6) is 0 Å². The van der Waals surface area contributed by atoms with Crippen LogP contribution in [0.15, 0.2) is 60.8 Å². The van der Waals surface area contributed by atoms with Gasteiger partial charge in [0.05, 0.1) is 0 Å². The number of unbranched alkanes of at least 4 members (excludes halogenated alkanes) is 37. The van der Waals surface area contributed by atoms with Crippen LogP contribution in [0.2, 0.25) is 0 Å². The molecule has 0 fully saturated rings. The highest BCUT2D eigenvalue weighted by molar-refractivity contribution is 5.71. The molecule has 0 aromatic carbocycles. The molecule has 0 bridgehead atoms. The normalized spacial score (nSPS) is 12.4. The smallest absolute Gasteiger partial charge is 0.306 e. The van der Waals surface area contributed by atoms with E-state index in [1.807, 2.05) is 0 Å². The van der Waals surface area contributed by atoms with E-state index < -0.39 is 6.10 Å². The van der Waals surface area contributed by atoms with Crippen LogP contribution in [0.25, 0.3) is 0 Å². The zero-order chi connectivity index (χ0) is 52.9. The van der Waals surface area contributed by atoms with Crippen molar-refractivity contribution in [1.82, 2.24) is 0 Å². The molecule has 0 N–H and O–H groups in total. The molecule has 1 unspecified atom stereocenters. The Morgan fingerprint density at radius 2 is 0.534 bits per heavy atom.